The molecule has 6 heteroatoms. The van der Waals surface area contributed by atoms with Crippen molar-refractivity contribution in [3.8, 4) is 0 Å². The second-order valence-electron chi connectivity index (χ2n) is 4.62. The van der Waals surface area contributed by atoms with Crippen LogP contribution in [0.5, 0.6) is 0 Å². The molecule has 1 aliphatic carbocycles. The summed E-state index contributed by atoms with van der Waals surface area (Å²) in [4.78, 5) is 11.9. The zero-order valence-electron chi connectivity index (χ0n) is 9.74. The van der Waals surface area contributed by atoms with E-state index >= 15 is 0 Å². The summed E-state index contributed by atoms with van der Waals surface area (Å²) in [7, 11) is 0. The van der Waals surface area contributed by atoms with Crippen LogP contribution in [0.15, 0.2) is 21.3 Å². The molecule has 0 radical (unpaired) electrons. The minimum atomic E-state index is -0.126. The first-order valence-electron chi connectivity index (χ1n) is 5.74. The minimum Gasteiger partial charge on any atom is -0.305 e. The van der Waals surface area contributed by atoms with Gasteiger partial charge in [0, 0.05) is 23.1 Å². The van der Waals surface area contributed by atoms with Crippen LogP contribution in [0.4, 0.5) is 5.82 Å². The zero-order valence-corrected chi connectivity index (χ0v) is 12.1. The monoisotopic (exact) mass is 325 g/mol. The van der Waals surface area contributed by atoms with E-state index in [9.17, 15) is 4.79 Å². The van der Waals surface area contributed by atoms with E-state index in [0.29, 0.717) is 17.3 Å². The fraction of sp³-hybridized carbons (Fsp3) is 0.333. The Morgan fingerprint density at radius 2 is 2.39 bits per heavy atom. The van der Waals surface area contributed by atoms with Crippen molar-refractivity contribution in [2.24, 2.45) is 5.92 Å². The number of halogens is 1. The number of aromatic nitrogens is 2. The van der Waals surface area contributed by atoms with Crippen molar-refractivity contribution in [1.29, 1.82) is 0 Å². The SMILES string of the molecule is CC1CC1c1cc(NC(=O)c2csc(Br)c2)n[nH]1. The molecule has 0 bridgehead atoms. The molecule has 4 nitrogen and oxygen atoms in total. The molecule has 3 rings (SSSR count). The first kappa shape index (κ1) is 11.9. The van der Waals surface area contributed by atoms with E-state index in [0.717, 1.165) is 15.4 Å². The van der Waals surface area contributed by atoms with Gasteiger partial charge in [-0.05, 0) is 34.3 Å². The van der Waals surface area contributed by atoms with Gasteiger partial charge >= 0.3 is 0 Å². The van der Waals surface area contributed by atoms with Crippen LogP contribution < -0.4 is 5.32 Å². The molecular formula is C12H12BrN3OS. The van der Waals surface area contributed by atoms with Gasteiger partial charge in [-0.3, -0.25) is 9.89 Å². The number of carbonyl (C=O) groups excluding carboxylic acids is 1. The number of thiophene rings is 1. The van der Waals surface area contributed by atoms with Crippen LogP contribution >= 0.6 is 27.3 Å². The second kappa shape index (κ2) is 4.51. The molecule has 2 N–H and O–H groups in total. The Bertz CT molecular complexity index is 592. The van der Waals surface area contributed by atoms with Gasteiger partial charge in [-0.15, -0.1) is 11.3 Å². The largest absolute Gasteiger partial charge is 0.305 e. The second-order valence-corrected chi connectivity index (χ2v) is 6.91. The summed E-state index contributed by atoms with van der Waals surface area (Å²) in [6.45, 7) is 2.21. The summed E-state index contributed by atoms with van der Waals surface area (Å²) in [5.41, 5.74) is 1.76. The Morgan fingerprint density at radius 3 is 3.00 bits per heavy atom. The third kappa shape index (κ3) is 2.35. The average molecular weight is 326 g/mol. The smallest absolute Gasteiger partial charge is 0.257 e. The van der Waals surface area contributed by atoms with Crippen molar-refractivity contribution in [2.75, 3.05) is 5.32 Å². The summed E-state index contributed by atoms with van der Waals surface area (Å²) >= 11 is 4.83. The number of rotatable bonds is 3. The van der Waals surface area contributed by atoms with Crippen molar-refractivity contribution >= 4 is 39.0 Å². The first-order valence-corrected chi connectivity index (χ1v) is 7.41. The number of hydrogen-bond donors (Lipinski definition) is 2. The van der Waals surface area contributed by atoms with E-state index in [1.165, 1.54) is 17.8 Å². The molecule has 18 heavy (non-hydrogen) atoms. The summed E-state index contributed by atoms with van der Waals surface area (Å²) in [5.74, 6) is 1.77. The average Bonchev–Trinajstić information content (AvgIpc) is 2.78. The molecule has 1 aliphatic rings. The number of nitrogens with one attached hydrogen (secondary N) is 2. The standard InChI is InChI=1S/C12H12BrN3OS/c1-6-2-8(6)9-4-11(16-15-9)14-12(17)7-3-10(13)18-5-7/h3-6,8H,2H2,1H3,(H2,14,15,16,17). The van der Waals surface area contributed by atoms with E-state index in [1.807, 2.05) is 11.4 Å². The molecule has 0 aliphatic heterocycles. The number of anilines is 1. The lowest BCUT2D eigenvalue weighted by Gasteiger charge is -1.97. The Hall–Kier alpha value is -1.14. The maximum absolute atomic E-state index is 11.9. The maximum atomic E-state index is 11.9. The first-order chi connectivity index (χ1) is 8.63. The van der Waals surface area contributed by atoms with Crippen molar-refractivity contribution in [3.63, 3.8) is 0 Å². The van der Waals surface area contributed by atoms with Gasteiger partial charge in [-0.25, -0.2) is 0 Å². The highest BCUT2D eigenvalue weighted by molar-refractivity contribution is 9.11. The van der Waals surface area contributed by atoms with Gasteiger partial charge in [0.25, 0.3) is 5.91 Å². The summed E-state index contributed by atoms with van der Waals surface area (Å²) < 4.78 is 0.946. The van der Waals surface area contributed by atoms with Gasteiger partial charge in [-0.2, -0.15) is 5.10 Å². The Labute approximate surface area is 117 Å². The van der Waals surface area contributed by atoms with Gasteiger partial charge in [0.05, 0.1) is 9.35 Å². The molecule has 1 fully saturated rings. The number of amides is 1. The topological polar surface area (TPSA) is 57.8 Å². The summed E-state index contributed by atoms with van der Waals surface area (Å²) in [6.07, 6.45) is 1.20. The highest BCUT2D eigenvalue weighted by Crippen LogP contribution is 2.46. The molecule has 2 atom stereocenters. The lowest BCUT2D eigenvalue weighted by atomic mass is 10.2. The van der Waals surface area contributed by atoms with E-state index < -0.39 is 0 Å². The maximum Gasteiger partial charge on any atom is 0.257 e. The predicted molar refractivity (Wildman–Crippen MR) is 75.1 cm³/mol. The molecule has 94 valence electrons. The van der Waals surface area contributed by atoms with Gasteiger partial charge in [0.2, 0.25) is 0 Å². The number of H-pyrrole nitrogens is 1. The van der Waals surface area contributed by atoms with E-state index in [-0.39, 0.29) is 5.91 Å². The molecule has 1 amide bonds. The summed E-state index contributed by atoms with van der Waals surface area (Å²) in [6, 6.07) is 3.73. The van der Waals surface area contributed by atoms with Gasteiger partial charge in [0.1, 0.15) is 0 Å². The van der Waals surface area contributed by atoms with Crippen molar-refractivity contribution in [2.45, 2.75) is 19.3 Å². The van der Waals surface area contributed by atoms with Crippen LogP contribution in [0.25, 0.3) is 0 Å². The van der Waals surface area contributed by atoms with Crippen molar-refractivity contribution in [3.05, 3.63) is 32.6 Å². The molecule has 2 aromatic heterocycles. The molecule has 0 saturated heterocycles. The Balaban J connectivity index is 1.69. The van der Waals surface area contributed by atoms with E-state index in [1.54, 1.807) is 6.07 Å². The lowest BCUT2D eigenvalue weighted by molar-refractivity contribution is 0.102. The van der Waals surface area contributed by atoms with Crippen LogP contribution in [0.2, 0.25) is 0 Å². The predicted octanol–water partition coefficient (Wildman–Crippen LogP) is 3.61. The Kier molecular flexibility index (Phi) is 2.99. The molecular weight excluding hydrogens is 314 g/mol. The van der Waals surface area contributed by atoms with Crippen LogP contribution in [-0.2, 0) is 0 Å². The fourth-order valence-corrected chi connectivity index (χ4v) is 3.10. The van der Waals surface area contributed by atoms with Gasteiger partial charge in [0.15, 0.2) is 5.82 Å². The highest BCUT2D eigenvalue weighted by Gasteiger charge is 2.35. The molecule has 0 spiro atoms. The number of aromatic amines is 1. The fourth-order valence-electron chi connectivity index (χ4n) is 1.96. The normalized spacial score (nSPS) is 21.9. The zero-order chi connectivity index (χ0) is 12.7. The lowest BCUT2D eigenvalue weighted by Crippen LogP contribution is -2.10. The number of hydrogen-bond acceptors (Lipinski definition) is 3. The minimum absolute atomic E-state index is 0.126. The number of carbonyl (C=O) groups is 1. The third-order valence-electron chi connectivity index (χ3n) is 3.18. The van der Waals surface area contributed by atoms with E-state index in [2.05, 4.69) is 38.4 Å². The van der Waals surface area contributed by atoms with Crippen LogP contribution in [0.1, 0.15) is 35.3 Å². The molecule has 2 heterocycles. The Morgan fingerprint density at radius 1 is 1.61 bits per heavy atom. The molecule has 1 saturated carbocycles. The van der Waals surface area contributed by atoms with Gasteiger partial charge < -0.3 is 5.32 Å². The van der Waals surface area contributed by atoms with Crippen LogP contribution in [-0.4, -0.2) is 16.1 Å². The third-order valence-corrected chi connectivity index (χ3v) is 4.68. The van der Waals surface area contributed by atoms with Gasteiger partial charge in [-0.1, -0.05) is 6.92 Å². The highest BCUT2D eigenvalue weighted by atomic mass is 79.9. The molecule has 2 aromatic rings. The number of nitrogens with zero attached hydrogens (tertiary/aromatic N) is 1. The quantitative estimate of drug-likeness (QED) is 0.905. The van der Waals surface area contributed by atoms with Crippen LogP contribution in [0, 0.1) is 5.92 Å². The molecule has 2 unspecified atom stereocenters. The van der Waals surface area contributed by atoms with Crippen molar-refractivity contribution in [1.82, 2.24) is 10.2 Å². The molecule has 0 aromatic carbocycles. The summed E-state index contributed by atoms with van der Waals surface area (Å²) in [5, 5.41) is 11.7. The van der Waals surface area contributed by atoms with Crippen molar-refractivity contribution < 1.29 is 4.79 Å². The van der Waals surface area contributed by atoms with Crippen LogP contribution in [0.3, 0.4) is 0 Å². The van der Waals surface area contributed by atoms with E-state index in [4.69, 9.17) is 0 Å².